The number of aromatic nitrogens is 1. The van der Waals surface area contributed by atoms with Gasteiger partial charge in [-0.15, -0.1) is 0 Å². The van der Waals surface area contributed by atoms with E-state index in [0.29, 0.717) is 11.4 Å². The second-order valence-corrected chi connectivity index (χ2v) is 3.83. The van der Waals surface area contributed by atoms with Crippen molar-refractivity contribution in [1.29, 1.82) is 5.26 Å². The lowest BCUT2D eigenvalue weighted by molar-refractivity contribution is 0.967. The van der Waals surface area contributed by atoms with Gasteiger partial charge in [0.25, 0.3) is 0 Å². The second kappa shape index (κ2) is 5.02. The van der Waals surface area contributed by atoms with Gasteiger partial charge in [-0.25, -0.2) is 4.98 Å². The van der Waals surface area contributed by atoms with Gasteiger partial charge in [-0.2, -0.15) is 5.26 Å². The molecular formula is C9H10IN3. The Kier molecular flexibility index (Phi) is 3.96. The van der Waals surface area contributed by atoms with E-state index >= 15 is 0 Å². The average molecular weight is 287 g/mol. The van der Waals surface area contributed by atoms with Crippen LogP contribution in [0, 0.1) is 14.9 Å². The Morgan fingerprint density at radius 2 is 2.46 bits per heavy atom. The molecule has 0 amide bonds. The molecule has 0 saturated heterocycles. The number of nitriles is 1. The monoisotopic (exact) mass is 287 g/mol. The minimum atomic E-state index is 0.611. The summed E-state index contributed by atoms with van der Waals surface area (Å²) in [4.78, 5) is 4.15. The summed E-state index contributed by atoms with van der Waals surface area (Å²) < 4.78 is 0.983. The number of nitrogens with one attached hydrogen (secondary N) is 1. The first-order valence-corrected chi connectivity index (χ1v) is 5.15. The van der Waals surface area contributed by atoms with Crippen LogP contribution < -0.4 is 5.32 Å². The van der Waals surface area contributed by atoms with Crippen molar-refractivity contribution in [3.63, 3.8) is 0 Å². The summed E-state index contributed by atoms with van der Waals surface area (Å²) in [6.07, 6.45) is 2.78. The van der Waals surface area contributed by atoms with Gasteiger partial charge >= 0.3 is 0 Å². The number of pyridine rings is 1. The molecule has 0 bridgehead atoms. The smallest absolute Gasteiger partial charge is 0.143 e. The normalized spacial score (nSPS) is 9.31. The Hall–Kier alpha value is -0.830. The molecule has 0 aliphatic heterocycles. The molecule has 1 aromatic heterocycles. The van der Waals surface area contributed by atoms with Crippen LogP contribution in [0.3, 0.4) is 0 Å². The highest BCUT2D eigenvalue weighted by Gasteiger charge is 2.02. The van der Waals surface area contributed by atoms with Gasteiger partial charge in [0.15, 0.2) is 0 Å². The van der Waals surface area contributed by atoms with Crippen molar-refractivity contribution in [2.24, 2.45) is 0 Å². The summed E-state index contributed by atoms with van der Waals surface area (Å²) in [5.74, 6) is 0.685. The Bertz CT molecular complexity index is 330. The predicted octanol–water partition coefficient (Wildman–Crippen LogP) is 2.38. The van der Waals surface area contributed by atoms with E-state index in [1.807, 2.05) is 6.07 Å². The van der Waals surface area contributed by atoms with Crippen molar-refractivity contribution in [3.8, 4) is 6.07 Å². The first-order valence-electron chi connectivity index (χ1n) is 4.07. The van der Waals surface area contributed by atoms with Gasteiger partial charge < -0.3 is 5.32 Å². The molecule has 0 aliphatic carbocycles. The predicted molar refractivity (Wildman–Crippen MR) is 60.4 cm³/mol. The third-order valence-electron chi connectivity index (χ3n) is 1.52. The lowest BCUT2D eigenvalue weighted by Crippen LogP contribution is -2.04. The molecule has 0 saturated carbocycles. The van der Waals surface area contributed by atoms with E-state index in [4.69, 9.17) is 5.26 Å². The maximum absolute atomic E-state index is 8.81. The molecular weight excluding hydrogens is 277 g/mol. The van der Waals surface area contributed by atoms with Gasteiger partial charge in [0.1, 0.15) is 11.9 Å². The van der Waals surface area contributed by atoms with Crippen LogP contribution in [0.5, 0.6) is 0 Å². The highest BCUT2D eigenvalue weighted by molar-refractivity contribution is 14.1. The van der Waals surface area contributed by atoms with Gasteiger partial charge in [-0.1, -0.05) is 6.92 Å². The maximum atomic E-state index is 8.81. The third-order valence-corrected chi connectivity index (χ3v) is 2.11. The maximum Gasteiger partial charge on any atom is 0.143 e. The molecule has 1 N–H and O–H groups in total. The topological polar surface area (TPSA) is 48.7 Å². The summed E-state index contributed by atoms with van der Waals surface area (Å²) in [5.41, 5.74) is 0.611. The first kappa shape index (κ1) is 10.3. The zero-order valence-electron chi connectivity index (χ0n) is 7.34. The fourth-order valence-electron chi connectivity index (χ4n) is 0.909. The van der Waals surface area contributed by atoms with Crippen LogP contribution in [0.2, 0.25) is 0 Å². The summed E-state index contributed by atoms with van der Waals surface area (Å²) in [6, 6.07) is 3.94. The number of nitrogens with zero attached hydrogens (tertiary/aromatic N) is 2. The van der Waals surface area contributed by atoms with Crippen LogP contribution in [-0.2, 0) is 0 Å². The van der Waals surface area contributed by atoms with Gasteiger partial charge in [0.2, 0.25) is 0 Å². The quantitative estimate of drug-likeness (QED) is 0.868. The molecule has 13 heavy (non-hydrogen) atoms. The van der Waals surface area contributed by atoms with Crippen molar-refractivity contribution in [2.75, 3.05) is 11.9 Å². The van der Waals surface area contributed by atoms with Crippen LogP contribution in [0.25, 0.3) is 0 Å². The molecule has 4 heteroatoms. The summed E-state index contributed by atoms with van der Waals surface area (Å²) in [6.45, 7) is 2.92. The van der Waals surface area contributed by atoms with E-state index in [-0.39, 0.29) is 0 Å². The van der Waals surface area contributed by atoms with E-state index in [9.17, 15) is 0 Å². The van der Waals surface area contributed by atoms with Gasteiger partial charge in [-0.05, 0) is 35.1 Å². The van der Waals surface area contributed by atoms with Gasteiger partial charge in [0, 0.05) is 16.3 Å². The Morgan fingerprint density at radius 1 is 1.69 bits per heavy atom. The molecule has 0 unspecified atom stereocenters. The molecule has 0 fully saturated rings. The lowest BCUT2D eigenvalue weighted by atomic mass is 10.3. The molecule has 1 aromatic rings. The van der Waals surface area contributed by atoms with E-state index in [0.717, 1.165) is 16.5 Å². The minimum absolute atomic E-state index is 0.611. The van der Waals surface area contributed by atoms with E-state index in [1.165, 1.54) is 0 Å². The molecule has 0 radical (unpaired) electrons. The second-order valence-electron chi connectivity index (χ2n) is 2.59. The molecule has 0 atom stereocenters. The lowest BCUT2D eigenvalue weighted by Gasteiger charge is -2.04. The van der Waals surface area contributed by atoms with Crippen molar-refractivity contribution in [1.82, 2.24) is 4.98 Å². The molecule has 0 aromatic carbocycles. The van der Waals surface area contributed by atoms with Crippen molar-refractivity contribution in [3.05, 3.63) is 21.4 Å². The van der Waals surface area contributed by atoms with Crippen LogP contribution in [0.1, 0.15) is 18.9 Å². The number of anilines is 1. The van der Waals surface area contributed by atoms with Crippen LogP contribution in [-0.4, -0.2) is 11.5 Å². The molecule has 1 rings (SSSR count). The highest BCUT2D eigenvalue weighted by Crippen LogP contribution is 2.14. The van der Waals surface area contributed by atoms with E-state index < -0.39 is 0 Å². The number of halogens is 1. The summed E-state index contributed by atoms with van der Waals surface area (Å²) in [7, 11) is 0. The minimum Gasteiger partial charge on any atom is -0.369 e. The molecule has 68 valence electrons. The van der Waals surface area contributed by atoms with Crippen LogP contribution >= 0.6 is 22.6 Å². The number of rotatable bonds is 3. The van der Waals surface area contributed by atoms with Crippen molar-refractivity contribution < 1.29 is 0 Å². The zero-order chi connectivity index (χ0) is 9.68. The Labute approximate surface area is 91.3 Å². The van der Waals surface area contributed by atoms with Crippen molar-refractivity contribution in [2.45, 2.75) is 13.3 Å². The van der Waals surface area contributed by atoms with E-state index in [1.54, 1.807) is 6.20 Å². The number of hydrogen-bond acceptors (Lipinski definition) is 3. The van der Waals surface area contributed by atoms with Crippen LogP contribution in [0.15, 0.2) is 12.3 Å². The van der Waals surface area contributed by atoms with Gasteiger partial charge in [0.05, 0.1) is 5.56 Å². The van der Waals surface area contributed by atoms with Crippen LogP contribution in [0.4, 0.5) is 5.82 Å². The van der Waals surface area contributed by atoms with E-state index in [2.05, 4.69) is 45.9 Å². The molecule has 0 spiro atoms. The Balaban J connectivity index is 2.88. The summed E-state index contributed by atoms with van der Waals surface area (Å²) in [5, 5.41) is 11.9. The number of hydrogen-bond donors (Lipinski definition) is 1. The summed E-state index contributed by atoms with van der Waals surface area (Å²) >= 11 is 2.14. The van der Waals surface area contributed by atoms with Gasteiger partial charge in [-0.3, -0.25) is 0 Å². The zero-order valence-corrected chi connectivity index (χ0v) is 9.50. The fourth-order valence-corrected chi connectivity index (χ4v) is 1.36. The largest absolute Gasteiger partial charge is 0.369 e. The first-order chi connectivity index (χ1) is 6.27. The SMILES string of the molecule is CCCNc1ncc(I)cc1C#N. The molecule has 0 aliphatic rings. The third kappa shape index (κ3) is 2.84. The average Bonchev–Trinajstić information content (AvgIpc) is 2.16. The standard InChI is InChI=1S/C9H10IN3/c1-2-3-12-9-7(5-11)4-8(10)6-13-9/h4,6H,2-3H2,1H3,(H,12,13). The molecule has 1 heterocycles. The molecule has 3 nitrogen and oxygen atoms in total. The van der Waals surface area contributed by atoms with Crippen molar-refractivity contribution >= 4 is 28.4 Å². The fraction of sp³-hybridized carbons (Fsp3) is 0.333. The highest BCUT2D eigenvalue weighted by atomic mass is 127. The Morgan fingerprint density at radius 3 is 3.08 bits per heavy atom.